The number of hydrogen-bond donors (Lipinski definition) is 0. The Labute approximate surface area is 88.5 Å². The average molecular weight is 190 g/mol. The van der Waals surface area contributed by atoms with Gasteiger partial charge in [-0.15, -0.1) is 0 Å². The Hall–Kier alpha value is -1.82. The molecule has 0 bridgehead atoms. The Morgan fingerprint density at radius 3 is 2.73 bits per heavy atom. The summed E-state index contributed by atoms with van der Waals surface area (Å²) in [5.41, 5.74) is 4.38. The Bertz CT molecular complexity index is 624. The molecule has 0 fully saturated rings. The van der Waals surface area contributed by atoms with E-state index in [1.165, 1.54) is 27.5 Å². The molecule has 0 amide bonds. The molecule has 2 aromatic carbocycles. The van der Waals surface area contributed by atoms with Crippen LogP contribution in [-0.4, -0.2) is 0 Å². The highest BCUT2D eigenvalue weighted by Gasteiger charge is 2.28. The minimum atomic E-state index is 0.520. The highest BCUT2D eigenvalue weighted by molar-refractivity contribution is 6.05. The van der Waals surface area contributed by atoms with Crippen molar-refractivity contribution in [2.75, 3.05) is 0 Å². The van der Waals surface area contributed by atoms with E-state index < -0.39 is 0 Å². The molecule has 1 unspecified atom stereocenters. The van der Waals surface area contributed by atoms with Gasteiger partial charge in [-0.2, -0.15) is 0 Å². The molecule has 2 aliphatic rings. The fourth-order valence-corrected chi connectivity index (χ4v) is 2.88. The van der Waals surface area contributed by atoms with Gasteiger partial charge in [-0.3, -0.25) is 0 Å². The maximum atomic E-state index is 2.30. The van der Waals surface area contributed by atoms with Crippen molar-refractivity contribution < 1.29 is 0 Å². The monoisotopic (exact) mass is 190 g/mol. The summed E-state index contributed by atoms with van der Waals surface area (Å²) in [6.07, 6.45) is 6.72. The zero-order chi connectivity index (χ0) is 9.83. The van der Waals surface area contributed by atoms with Crippen LogP contribution in [0.3, 0.4) is 0 Å². The quantitative estimate of drug-likeness (QED) is 0.591. The van der Waals surface area contributed by atoms with E-state index in [2.05, 4.69) is 54.6 Å². The van der Waals surface area contributed by atoms with Crippen LogP contribution in [0, 0.1) is 0 Å². The number of hydrogen-bond acceptors (Lipinski definition) is 0. The van der Waals surface area contributed by atoms with Crippen LogP contribution < -0.4 is 0 Å². The smallest absolute Gasteiger partial charge is 0.0285 e. The van der Waals surface area contributed by atoms with E-state index in [4.69, 9.17) is 0 Å². The molecule has 0 heterocycles. The number of rotatable bonds is 0. The van der Waals surface area contributed by atoms with E-state index >= 15 is 0 Å². The van der Waals surface area contributed by atoms with Crippen LogP contribution in [0.5, 0.6) is 0 Å². The summed E-state index contributed by atoms with van der Waals surface area (Å²) in [6.45, 7) is 0. The maximum Gasteiger partial charge on any atom is 0.0285 e. The first kappa shape index (κ1) is 7.47. The number of benzene rings is 2. The normalized spacial score (nSPS) is 20.8. The van der Waals surface area contributed by atoms with Gasteiger partial charge in [0.2, 0.25) is 0 Å². The molecule has 0 spiro atoms. The van der Waals surface area contributed by atoms with Crippen LogP contribution in [0.25, 0.3) is 16.3 Å². The molecule has 70 valence electrons. The third kappa shape index (κ3) is 0.782. The molecule has 0 nitrogen and oxygen atoms in total. The second-order valence-corrected chi connectivity index (χ2v) is 4.24. The van der Waals surface area contributed by atoms with Crippen LogP contribution in [0.15, 0.2) is 54.6 Å². The fourth-order valence-electron chi connectivity index (χ4n) is 2.88. The molecule has 0 N–H and O–H groups in total. The highest BCUT2D eigenvalue weighted by atomic mass is 14.3. The van der Waals surface area contributed by atoms with Crippen LogP contribution in [0.1, 0.15) is 17.0 Å². The molecule has 0 aliphatic heterocycles. The molecule has 0 heteroatoms. The van der Waals surface area contributed by atoms with Crippen LogP contribution in [0.2, 0.25) is 0 Å². The number of fused-ring (bicyclic) bond motifs is 3. The lowest BCUT2D eigenvalue weighted by atomic mass is 9.99. The summed E-state index contributed by atoms with van der Waals surface area (Å²) in [4.78, 5) is 0. The van der Waals surface area contributed by atoms with E-state index in [-0.39, 0.29) is 0 Å². The standard InChI is InChI=1S/C15H10/c1-4-10-5-2-9-14-12-7-3-6-11(12)13(8-1)15(10)14/h1-9,11H. The molecule has 0 aromatic heterocycles. The Balaban J connectivity index is 2.25. The third-order valence-corrected chi connectivity index (χ3v) is 3.50. The Kier molecular flexibility index (Phi) is 1.20. The minimum Gasteiger partial charge on any atom is -0.0726 e. The maximum absolute atomic E-state index is 2.30. The predicted molar refractivity (Wildman–Crippen MR) is 63.8 cm³/mol. The van der Waals surface area contributed by atoms with Gasteiger partial charge in [0.05, 0.1) is 0 Å². The lowest BCUT2D eigenvalue weighted by Gasteiger charge is -2.03. The van der Waals surface area contributed by atoms with Crippen molar-refractivity contribution >= 4 is 16.3 Å². The highest BCUT2D eigenvalue weighted by Crippen LogP contribution is 2.48. The van der Waals surface area contributed by atoms with Gasteiger partial charge in [-0.25, -0.2) is 0 Å². The topological polar surface area (TPSA) is 0 Å². The Morgan fingerprint density at radius 2 is 1.80 bits per heavy atom. The summed E-state index contributed by atoms with van der Waals surface area (Å²) in [5, 5.41) is 2.83. The SMILES string of the molecule is C1=CC2C(=C1)c1cccc3cccc2c13. The molecule has 2 aliphatic carbocycles. The van der Waals surface area contributed by atoms with Crippen molar-refractivity contribution in [1.82, 2.24) is 0 Å². The van der Waals surface area contributed by atoms with Crippen molar-refractivity contribution in [2.24, 2.45) is 0 Å². The van der Waals surface area contributed by atoms with Gasteiger partial charge in [-0.1, -0.05) is 54.6 Å². The average Bonchev–Trinajstić information content (AvgIpc) is 2.84. The Morgan fingerprint density at radius 1 is 0.933 bits per heavy atom. The number of allylic oxidation sites excluding steroid dienone is 4. The molecular formula is C15H10. The third-order valence-electron chi connectivity index (χ3n) is 3.50. The zero-order valence-electron chi connectivity index (χ0n) is 8.27. The summed E-state index contributed by atoms with van der Waals surface area (Å²) in [7, 11) is 0. The largest absolute Gasteiger partial charge is 0.0726 e. The summed E-state index contributed by atoms with van der Waals surface area (Å²) < 4.78 is 0. The van der Waals surface area contributed by atoms with E-state index in [1.807, 2.05) is 0 Å². The van der Waals surface area contributed by atoms with Gasteiger partial charge in [0.25, 0.3) is 0 Å². The minimum absolute atomic E-state index is 0.520. The van der Waals surface area contributed by atoms with Gasteiger partial charge >= 0.3 is 0 Å². The molecule has 0 saturated heterocycles. The van der Waals surface area contributed by atoms with E-state index in [0.29, 0.717) is 5.92 Å². The van der Waals surface area contributed by atoms with Crippen molar-refractivity contribution in [3.05, 3.63) is 65.8 Å². The molecule has 0 radical (unpaired) electrons. The second-order valence-electron chi connectivity index (χ2n) is 4.24. The van der Waals surface area contributed by atoms with Crippen molar-refractivity contribution in [3.8, 4) is 0 Å². The van der Waals surface area contributed by atoms with Crippen molar-refractivity contribution in [1.29, 1.82) is 0 Å². The van der Waals surface area contributed by atoms with Crippen molar-refractivity contribution in [3.63, 3.8) is 0 Å². The fraction of sp³-hybridized carbons (Fsp3) is 0.0667. The second kappa shape index (κ2) is 2.40. The molecule has 1 atom stereocenters. The summed E-state index contributed by atoms with van der Waals surface area (Å²) in [6, 6.07) is 13.2. The van der Waals surface area contributed by atoms with Gasteiger partial charge < -0.3 is 0 Å². The lowest BCUT2D eigenvalue weighted by Crippen LogP contribution is -1.85. The first-order valence-electron chi connectivity index (χ1n) is 5.35. The van der Waals surface area contributed by atoms with Crippen LogP contribution >= 0.6 is 0 Å². The molecular weight excluding hydrogens is 180 g/mol. The van der Waals surface area contributed by atoms with Crippen molar-refractivity contribution in [2.45, 2.75) is 5.92 Å². The summed E-state index contributed by atoms with van der Waals surface area (Å²) in [5.74, 6) is 0.520. The summed E-state index contributed by atoms with van der Waals surface area (Å²) >= 11 is 0. The van der Waals surface area contributed by atoms with Gasteiger partial charge in [0.1, 0.15) is 0 Å². The van der Waals surface area contributed by atoms with E-state index in [0.717, 1.165) is 0 Å². The molecule has 4 rings (SSSR count). The molecule has 15 heavy (non-hydrogen) atoms. The van der Waals surface area contributed by atoms with E-state index in [1.54, 1.807) is 0 Å². The van der Waals surface area contributed by atoms with Gasteiger partial charge in [0.15, 0.2) is 0 Å². The molecule has 2 aromatic rings. The van der Waals surface area contributed by atoms with E-state index in [9.17, 15) is 0 Å². The zero-order valence-corrected chi connectivity index (χ0v) is 8.27. The first-order valence-corrected chi connectivity index (χ1v) is 5.35. The van der Waals surface area contributed by atoms with Gasteiger partial charge in [0, 0.05) is 5.92 Å². The van der Waals surface area contributed by atoms with Crippen LogP contribution in [-0.2, 0) is 0 Å². The molecule has 0 saturated carbocycles. The predicted octanol–water partition coefficient (Wildman–Crippen LogP) is 3.89. The van der Waals surface area contributed by atoms with Crippen LogP contribution in [0.4, 0.5) is 0 Å². The van der Waals surface area contributed by atoms with Gasteiger partial charge in [-0.05, 0) is 27.5 Å². The lowest BCUT2D eigenvalue weighted by molar-refractivity contribution is 1.18. The first-order chi connectivity index (χ1) is 7.45.